The highest BCUT2D eigenvalue weighted by Gasteiger charge is 2.11. The maximum Gasteiger partial charge on any atom is 0.303 e. The lowest BCUT2D eigenvalue weighted by Crippen LogP contribution is -2.08. The average molecular weight is 258 g/mol. The Kier molecular flexibility index (Phi) is 4.05. The molecule has 0 spiro atoms. The summed E-state index contributed by atoms with van der Waals surface area (Å²) < 4.78 is 5.79. The molecule has 100 valence electrons. The topological polar surface area (TPSA) is 46.5 Å². The minimum atomic E-state index is -0.788. The molecule has 0 aliphatic heterocycles. The van der Waals surface area contributed by atoms with Crippen LogP contribution in [-0.2, 0) is 11.2 Å². The van der Waals surface area contributed by atoms with Gasteiger partial charge >= 0.3 is 5.97 Å². The number of hydrogen-bond acceptors (Lipinski definition) is 2. The smallest absolute Gasteiger partial charge is 0.303 e. The molecular weight excluding hydrogens is 240 g/mol. The molecule has 2 rings (SSSR count). The van der Waals surface area contributed by atoms with Crippen molar-refractivity contribution < 1.29 is 14.6 Å². The Hall–Kier alpha value is -2.03. The molecule has 0 aliphatic rings. The van der Waals surface area contributed by atoms with Crippen LogP contribution in [0.4, 0.5) is 0 Å². The van der Waals surface area contributed by atoms with Crippen molar-refractivity contribution in [3.05, 3.63) is 42.0 Å². The summed E-state index contributed by atoms with van der Waals surface area (Å²) in [6.07, 6.45) is 0.672. The molecule has 2 aromatic rings. The SMILES string of the molecule is CC(C)Oc1ccc2ccccc2c1CCC(=O)O. The maximum atomic E-state index is 10.8. The highest BCUT2D eigenvalue weighted by Crippen LogP contribution is 2.30. The lowest BCUT2D eigenvalue weighted by atomic mass is 9.99. The van der Waals surface area contributed by atoms with Crippen LogP contribution >= 0.6 is 0 Å². The molecule has 0 atom stereocenters. The van der Waals surface area contributed by atoms with Crippen molar-refractivity contribution in [3.8, 4) is 5.75 Å². The first-order chi connectivity index (χ1) is 9.08. The van der Waals surface area contributed by atoms with Gasteiger partial charge in [-0.3, -0.25) is 4.79 Å². The van der Waals surface area contributed by atoms with Crippen LogP contribution in [0.25, 0.3) is 10.8 Å². The molecule has 2 aromatic carbocycles. The summed E-state index contributed by atoms with van der Waals surface area (Å²) in [6, 6.07) is 11.9. The van der Waals surface area contributed by atoms with E-state index in [0.29, 0.717) is 6.42 Å². The maximum absolute atomic E-state index is 10.8. The van der Waals surface area contributed by atoms with Crippen LogP contribution in [0, 0.1) is 0 Å². The lowest BCUT2D eigenvalue weighted by molar-refractivity contribution is -0.136. The van der Waals surface area contributed by atoms with E-state index < -0.39 is 5.97 Å². The molecule has 0 aliphatic carbocycles. The average Bonchev–Trinajstić information content (AvgIpc) is 2.36. The van der Waals surface area contributed by atoms with Crippen molar-refractivity contribution in [1.29, 1.82) is 0 Å². The molecular formula is C16H18O3. The lowest BCUT2D eigenvalue weighted by Gasteiger charge is -2.16. The molecule has 1 N–H and O–H groups in total. The van der Waals surface area contributed by atoms with Gasteiger partial charge in [-0.15, -0.1) is 0 Å². The standard InChI is InChI=1S/C16H18O3/c1-11(2)19-15-9-7-12-5-3-4-6-13(12)14(15)8-10-16(17)18/h3-7,9,11H,8,10H2,1-2H3,(H,17,18). The summed E-state index contributed by atoms with van der Waals surface area (Å²) in [7, 11) is 0. The van der Waals surface area contributed by atoms with Crippen LogP contribution < -0.4 is 4.74 Å². The van der Waals surface area contributed by atoms with E-state index in [1.54, 1.807) is 0 Å². The molecule has 0 saturated heterocycles. The third-order valence-corrected chi connectivity index (χ3v) is 2.95. The molecule has 0 aromatic heterocycles. The molecule has 0 heterocycles. The van der Waals surface area contributed by atoms with Crippen LogP contribution in [0.1, 0.15) is 25.8 Å². The number of benzene rings is 2. The highest BCUT2D eigenvalue weighted by atomic mass is 16.5. The fourth-order valence-electron chi connectivity index (χ4n) is 2.17. The number of aliphatic carboxylic acids is 1. The number of carboxylic acid groups (broad SMARTS) is 1. The summed E-state index contributed by atoms with van der Waals surface area (Å²) in [4.78, 5) is 10.8. The summed E-state index contributed by atoms with van der Waals surface area (Å²) in [5, 5.41) is 11.1. The van der Waals surface area contributed by atoms with Gasteiger partial charge in [0.2, 0.25) is 0 Å². The molecule has 0 amide bonds. The predicted molar refractivity (Wildman–Crippen MR) is 75.7 cm³/mol. The Morgan fingerprint density at radius 3 is 2.63 bits per heavy atom. The van der Waals surface area contributed by atoms with Gasteiger partial charge in [0.25, 0.3) is 0 Å². The van der Waals surface area contributed by atoms with Crippen molar-refractivity contribution >= 4 is 16.7 Å². The van der Waals surface area contributed by atoms with E-state index in [1.807, 2.05) is 50.2 Å². The second kappa shape index (κ2) is 5.74. The normalized spacial score (nSPS) is 10.9. The molecule has 0 bridgehead atoms. The zero-order valence-electron chi connectivity index (χ0n) is 11.2. The van der Waals surface area contributed by atoms with E-state index in [9.17, 15) is 4.79 Å². The Bertz CT molecular complexity index is 588. The molecule has 0 saturated carbocycles. The molecule has 0 fully saturated rings. The van der Waals surface area contributed by atoms with Crippen LogP contribution in [0.15, 0.2) is 36.4 Å². The Morgan fingerprint density at radius 2 is 1.95 bits per heavy atom. The predicted octanol–water partition coefficient (Wildman–Crippen LogP) is 3.64. The number of ether oxygens (including phenoxy) is 1. The number of aryl methyl sites for hydroxylation is 1. The van der Waals surface area contributed by atoms with Gasteiger partial charge < -0.3 is 9.84 Å². The first-order valence-corrected chi connectivity index (χ1v) is 6.47. The third-order valence-electron chi connectivity index (χ3n) is 2.95. The highest BCUT2D eigenvalue weighted by molar-refractivity contribution is 5.88. The van der Waals surface area contributed by atoms with Gasteiger partial charge in [-0.05, 0) is 37.1 Å². The number of fused-ring (bicyclic) bond motifs is 1. The molecule has 0 radical (unpaired) electrons. The van der Waals surface area contributed by atoms with Crippen LogP contribution in [-0.4, -0.2) is 17.2 Å². The molecule has 19 heavy (non-hydrogen) atoms. The first kappa shape index (κ1) is 13.4. The minimum absolute atomic E-state index is 0.0738. The van der Waals surface area contributed by atoms with Crippen molar-refractivity contribution in [2.75, 3.05) is 0 Å². The summed E-state index contributed by atoms with van der Waals surface area (Å²) in [6.45, 7) is 3.94. The Balaban J connectivity index is 2.47. The van der Waals surface area contributed by atoms with Gasteiger partial charge in [-0.25, -0.2) is 0 Å². The van der Waals surface area contributed by atoms with Crippen LogP contribution in [0.2, 0.25) is 0 Å². The van der Waals surface area contributed by atoms with Gasteiger partial charge in [0.05, 0.1) is 6.10 Å². The van der Waals surface area contributed by atoms with Gasteiger partial charge in [0.1, 0.15) is 5.75 Å². The summed E-state index contributed by atoms with van der Waals surface area (Å²) >= 11 is 0. The summed E-state index contributed by atoms with van der Waals surface area (Å²) in [5.74, 6) is -0.00150. The zero-order chi connectivity index (χ0) is 13.8. The number of carbonyl (C=O) groups is 1. The fraction of sp³-hybridized carbons (Fsp3) is 0.312. The number of rotatable bonds is 5. The van der Waals surface area contributed by atoms with E-state index >= 15 is 0 Å². The number of carboxylic acids is 1. The monoisotopic (exact) mass is 258 g/mol. The fourth-order valence-corrected chi connectivity index (χ4v) is 2.17. The van der Waals surface area contributed by atoms with E-state index in [4.69, 9.17) is 9.84 Å². The van der Waals surface area contributed by atoms with Gasteiger partial charge in [0.15, 0.2) is 0 Å². The van der Waals surface area contributed by atoms with E-state index in [-0.39, 0.29) is 12.5 Å². The van der Waals surface area contributed by atoms with Crippen molar-refractivity contribution in [1.82, 2.24) is 0 Å². The van der Waals surface area contributed by atoms with Gasteiger partial charge in [-0.2, -0.15) is 0 Å². The van der Waals surface area contributed by atoms with E-state index in [1.165, 1.54) is 0 Å². The Morgan fingerprint density at radius 1 is 1.21 bits per heavy atom. The van der Waals surface area contributed by atoms with Crippen LogP contribution in [0.5, 0.6) is 5.75 Å². The Labute approximate surface area is 112 Å². The first-order valence-electron chi connectivity index (χ1n) is 6.47. The largest absolute Gasteiger partial charge is 0.491 e. The van der Waals surface area contributed by atoms with E-state index in [0.717, 1.165) is 22.1 Å². The minimum Gasteiger partial charge on any atom is -0.491 e. The summed E-state index contributed by atoms with van der Waals surface area (Å²) in [5.41, 5.74) is 0.981. The quantitative estimate of drug-likeness (QED) is 0.890. The second-order valence-electron chi connectivity index (χ2n) is 4.82. The zero-order valence-corrected chi connectivity index (χ0v) is 11.2. The van der Waals surface area contributed by atoms with Crippen molar-refractivity contribution in [2.45, 2.75) is 32.8 Å². The van der Waals surface area contributed by atoms with Crippen LogP contribution in [0.3, 0.4) is 0 Å². The van der Waals surface area contributed by atoms with Crippen molar-refractivity contribution in [2.24, 2.45) is 0 Å². The molecule has 3 nitrogen and oxygen atoms in total. The second-order valence-corrected chi connectivity index (χ2v) is 4.82. The molecule has 0 unspecified atom stereocenters. The number of hydrogen-bond donors (Lipinski definition) is 1. The van der Waals surface area contributed by atoms with E-state index in [2.05, 4.69) is 0 Å². The van der Waals surface area contributed by atoms with Gasteiger partial charge in [-0.1, -0.05) is 30.3 Å². The third kappa shape index (κ3) is 3.25. The van der Waals surface area contributed by atoms with Crippen molar-refractivity contribution in [3.63, 3.8) is 0 Å². The van der Waals surface area contributed by atoms with Gasteiger partial charge in [0, 0.05) is 12.0 Å². The molecule has 3 heteroatoms.